The maximum atomic E-state index is 9.01. The summed E-state index contributed by atoms with van der Waals surface area (Å²) in [5.74, 6) is -1.44. The van der Waals surface area contributed by atoms with E-state index in [1.54, 1.807) is 0 Å². The van der Waals surface area contributed by atoms with Crippen molar-refractivity contribution in [1.82, 2.24) is 0 Å². The third kappa shape index (κ3) is 12.7. The van der Waals surface area contributed by atoms with Crippen molar-refractivity contribution in [2.24, 2.45) is 0 Å². The summed E-state index contributed by atoms with van der Waals surface area (Å²) in [5, 5.41) is 14.7. The molecule has 0 aromatic rings. The Morgan fingerprint density at radius 2 is 2.00 bits per heavy atom. The van der Waals surface area contributed by atoms with Crippen LogP contribution in [0.1, 0.15) is 0 Å². The lowest BCUT2D eigenvalue weighted by atomic mass is 10.8. The second kappa shape index (κ2) is 3.92. The summed E-state index contributed by atoms with van der Waals surface area (Å²) < 4.78 is 0. The predicted molar refractivity (Wildman–Crippen MR) is 16.9 cm³/mol. The minimum absolute atomic E-state index is 0. The van der Waals surface area contributed by atoms with Crippen molar-refractivity contribution >= 4 is 5.97 Å². The first-order chi connectivity index (χ1) is 2.27. The van der Waals surface area contributed by atoms with E-state index in [0.717, 1.165) is 6.07 Å². The number of hydrogen-bond donors (Lipinski definition) is 1. The molecule has 3 N–H and O–H groups in total. The fraction of sp³-hybridized carbons (Fsp3) is 0. The smallest absolute Gasteiger partial charge is 0.408 e. The molecule has 0 aliphatic rings. The zero-order valence-corrected chi connectivity index (χ0v) is 2.80. The van der Waals surface area contributed by atoms with Crippen LogP contribution in [0.2, 0.25) is 0 Å². The number of carbonyl (C=O) groups is 1. The van der Waals surface area contributed by atoms with Gasteiger partial charge in [0.25, 0.3) is 0 Å². The van der Waals surface area contributed by atoms with Gasteiger partial charge in [-0.05, 0) is 0 Å². The highest BCUT2D eigenvalue weighted by molar-refractivity contribution is 5.83. The molecule has 0 aliphatic carbocycles. The Bertz CT molecular complexity index is 81.3. The molecule has 4 nitrogen and oxygen atoms in total. The predicted octanol–water partition coefficient (Wildman–Crippen LogP) is -1.23. The lowest BCUT2D eigenvalue weighted by Crippen LogP contribution is -1.83. The Kier molecular flexibility index (Phi) is 5.79. The molecule has 4 heteroatoms. The largest absolute Gasteiger partial charge is 0.470 e. The monoisotopic (exact) mass is 89.0 g/mol. The van der Waals surface area contributed by atoms with E-state index in [4.69, 9.17) is 15.2 Å². The maximum absolute atomic E-state index is 9.01. The van der Waals surface area contributed by atoms with Crippen LogP contribution in [0, 0.1) is 11.3 Å². The third-order valence-electron chi connectivity index (χ3n) is 0.0956. The van der Waals surface area contributed by atoms with E-state index < -0.39 is 5.97 Å². The zero-order chi connectivity index (χ0) is 4.28. The van der Waals surface area contributed by atoms with Crippen LogP contribution in [0.4, 0.5) is 0 Å². The van der Waals surface area contributed by atoms with Crippen LogP contribution in [0.25, 0.3) is 0 Å². The van der Waals surface area contributed by atoms with Crippen LogP contribution < -0.4 is 0 Å². The van der Waals surface area contributed by atoms with E-state index in [1.165, 1.54) is 0 Å². The van der Waals surface area contributed by atoms with Gasteiger partial charge in [0.2, 0.25) is 0 Å². The lowest BCUT2D eigenvalue weighted by molar-refractivity contribution is -0.130. The molecular formula is C2H3NO3. The van der Waals surface area contributed by atoms with Gasteiger partial charge in [-0.15, -0.1) is 0 Å². The van der Waals surface area contributed by atoms with Gasteiger partial charge < -0.3 is 10.6 Å². The molecule has 0 rings (SSSR count). The summed E-state index contributed by atoms with van der Waals surface area (Å²) in [6, 6.07) is 0.944. The summed E-state index contributed by atoms with van der Waals surface area (Å²) in [6.07, 6.45) is 0. The highest BCUT2D eigenvalue weighted by Gasteiger charge is 1.79. The standard InChI is InChI=1S/C2HNO2.H2O/c3-1-2(4)5;/h(H,4,5);1H2. The first kappa shape index (κ1) is 8.87. The molecule has 0 aliphatic heterocycles. The van der Waals surface area contributed by atoms with Gasteiger partial charge in [-0.2, -0.15) is 5.26 Å². The minimum Gasteiger partial charge on any atom is -0.470 e. The molecule has 0 atom stereocenters. The molecule has 0 amide bonds. The van der Waals surface area contributed by atoms with Crippen LogP contribution in [0.15, 0.2) is 0 Å². The van der Waals surface area contributed by atoms with E-state index in [-0.39, 0.29) is 5.48 Å². The Morgan fingerprint density at radius 1 is 1.83 bits per heavy atom. The molecule has 0 radical (unpaired) electrons. The average Bonchev–Trinajstić information content (AvgIpc) is 1.38. The molecule has 0 fully saturated rings. The fourth-order valence-electron chi connectivity index (χ4n) is 0. The normalized spacial score (nSPS) is 4.50. The van der Waals surface area contributed by atoms with E-state index in [2.05, 4.69) is 0 Å². The topological polar surface area (TPSA) is 92.6 Å². The van der Waals surface area contributed by atoms with Crippen LogP contribution in [0.3, 0.4) is 0 Å². The Balaban J connectivity index is 0. The van der Waals surface area contributed by atoms with E-state index in [9.17, 15) is 0 Å². The third-order valence-corrected chi connectivity index (χ3v) is 0.0956. The molecule has 6 heavy (non-hydrogen) atoms. The summed E-state index contributed by atoms with van der Waals surface area (Å²) in [5.41, 5.74) is 0. The number of carboxylic acids is 1. The molecule has 34 valence electrons. The number of rotatable bonds is 0. The quantitative estimate of drug-likeness (QED) is 0.297. The molecule has 0 saturated carbocycles. The van der Waals surface area contributed by atoms with Crippen molar-refractivity contribution < 1.29 is 15.4 Å². The van der Waals surface area contributed by atoms with Gasteiger partial charge >= 0.3 is 5.97 Å². The zero-order valence-electron chi connectivity index (χ0n) is 2.80. The fourth-order valence-corrected chi connectivity index (χ4v) is 0. The molecule has 0 saturated heterocycles. The molecule has 0 aromatic carbocycles. The number of nitrogens with zero attached hydrogens (tertiary/aromatic N) is 1. The minimum atomic E-state index is -1.44. The summed E-state index contributed by atoms with van der Waals surface area (Å²) >= 11 is 0. The van der Waals surface area contributed by atoms with Crippen LogP contribution in [0.5, 0.6) is 0 Å². The number of hydrogen-bond acceptors (Lipinski definition) is 2. The number of aliphatic carboxylic acids is 1. The highest BCUT2D eigenvalue weighted by Crippen LogP contribution is 1.44. The summed E-state index contributed by atoms with van der Waals surface area (Å²) in [6.45, 7) is 0. The van der Waals surface area contributed by atoms with Crippen molar-refractivity contribution in [2.45, 2.75) is 0 Å². The van der Waals surface area contributed by atoms with Crippen molar-refractivity contribution in [3.8, 4) is 6.07 Å². The van der Waals surface area contributed by atoms with E-state index >= 15 is 0 Å². The van der Waals surface area contributed by atoms with Gasteiger partial charge in [-0.1, -0.05) is 0 Å². The highest BCUT2D eigenvalue weighted by atomic mass is 16.4. The van der Waals surface area contributed by atoms with Gasteiger partial charge in [0.05, 0.1) is 0 Å². The Morgan fingerprint density at radius 3 is 2.00 bits per heavy atom. The summed E-state index contributed by atoms with van der Waals surface area (Å²) in [4.78, 5) is 9.01. The van der Waals surface area contributed by atoms with E-state index in [1.807, 2.05) is 0 Å². The average molecular weight is 89.0 g/mol. The Hall–Kier alpha value is -1.08. The van der Waals surface area contributed by atoms with Gasteiger partial charge in [0.1, 0.15) is 0 Å². The first-order valence-corrected chi connectivity index (χ1v) is 0.901. The van der Waals surface area contributed by atoms with Crippen LogP contribution in [-0.2, 0) is 4.79 Å². The number of nitriles is 1. The van der Waals surface area contributed by atoms with Gasteiger partial charge in [0, 0.05) is 0 Å². The van der Waals surface area contributed by atoms with E-state index in [0.29, 0.717) is 0 Å². The molecule has 0 spiro atoms. The first-order valence-electron chi connectivity index (χ1n) is 0.901. The van der Waals surface area contributed by atoms with Crippen molar-refractivity contribution in [3.05, 3.63) is 0 Å². The number of carboxylic acid groups (broad SMARTS) is 1. The molecule has 0 aromatic heterocycles. The second-order valence-corrected chi connectivity index (χ2v) is 0.417. The van der Waals surface area contributed by atoms with Gasteiger partial charge in [-0.25, -0.2) is 4.79 Å². The molecule has 0 heterocycles. The van der Waals surface area contributed by atoms with Gasteiger partial charge in [0.15, 0.2) is 6.07 Å². The molecular weight excluding hydrogens is 86.0 g/mol. The molecule has 0 unspecified atom stereocenters. The van der Waals surface area contributed by atoms with Crippen molar-refractivity contribution in [2.75, 3.05) is 0 Å². The van der Waals surface area contributed by atoms with Crippen LogP contribution >= 0.6 is 0 Å². The maximum Gasteiger partial charge on any atom is 0.408 e. The van der Waals surface area contributed by atoms with Crippen molar-refractivity contribution in [1.29, 1.82) is 5.26 Å². The second-order valence-electron chi connectivity index (χ2n) is 0.417. The summed E-state index contributed by atoms with van der Waals surface area (Å²) in [7, 11) is 0. The molecule has 0 bridgehead atoms. The van der Waals surface area contributed by atoms with Crippen LogP contribution in [-0.4, -0.2) is 16.6 Å². The SMILES string of the molecule is N#CC(=O)O.O. The Labute approximate surface area is 33.9 Å². The lowest BCUT2D eigenvalue weighted by Gasteiger charge is -1.56. The van der Waals surface area contributed by atoms with Gasteiger partial charge in [-0.3, -0.25) is 0 Å². The van der Waals surface area contributed by atoms with Crippen molar-refractivity contribution in [3.63, 3.8) is 0 Å².